The first-order valence-corrected chi connectivity index (χ1v) is 7.82. The smallest absolute Gasteiger partial charge is 0.135 e. The molecule has 1 N–H and O–H groups in total. The average Bonchev–Trinajstić information content (AvgIpc) is 3.32. The van der Waals surface area contributed by atoms with Gasteiger partial charge in [0, 0.05) is 11.8 Å². The van der Waals surface area contributed by atoms with Gasteiger partial charge in [0.1, 0.15) is 11.6 Å². The first-order valence-electron chi connectivity index (χ1n) is 7.03. The van der Waals surface area contributed by atoms with Crippen molar-refractivity contribution in [3.05, 3.63) is 58.3 Å². The molecule has 0 heterocycles. The van der Waals surface area contributed by atoms with E-state index in [1.807, 2.05) is 30.3 Å². The largest absolute Gasteiger partial charge is 0.495 e. The highest BCUT2D eigenvalue weighted by Gasteiger charge is 2.32. The van der Waals surface area contributed by atoms with E-state index in [1.54, 1.807) is 7.11 Å². The number of benzene rings is 2. The van der Waals surface area contributed by atoms with Crippen molar-refractivity contribution in [2.24, 2.45) is 5.92 Å². The summed E-state index contributed by atoms with van der Waals surface area (Å²) in [6.07, 6.45) is 2.42. The minimum Gasteiger partial charge on any atom is -0.495 e. The molecule has 0 radical (unpaired) electrons. The molecule has 2 aromatic rings. The summed E-state index contributed by atoms with van der Waals surface area (Å²) in [5.41, 5.74) is 2.14. The summed E-state index contributed by atoms with van der Waals surface area (Å²) in [6, 6.07) is 13.0. The standard InChI is InChI=1S/C17H17BrFNO/c1-21-16-10-14(8-9-15(16)18)20-17(11-2-3-11)12-4-6-13(19)7-5-12/h4-11,17,20H,2-3H2,1H3. The summed E-state index contributed by atoms with van der Waals surface area (Å²) >= 11 is 3.46. The van der Waals surface area contributed by atoms with Crippen LogP contribution in [0.1, 0.15) is 24.4 Å². The second-order valence-electron chi connectivity index (χ2n) is 5.36. The molecule has 4 heteroatoms. The number of anilines is 1. The van der Waals surface area contributed by atoms with Crippen LogP contribution in [-0.2, 0) is 0 Å². The quantitative estimate of drug-likeness (QED) is 0.804. The molecule has 0 aliphatic heterocycles. The molecule has 1 unspecified atom stereocenters. The SMILES string of the molecule is COc1cc(NC(c2ccc(F)cc2)C2CC2)ccc1Br. The van der Waals surface area contributed by atoms with Gasteiger partial charge in [0.05, 0.1) is 17.6 Å². The predicted molar refractivity (Wildman–Crippen MR) is 86.2 cm³/mol. The van der Waals surface area contributed by atoms with Crippen LogP contribution < -0.4 is 10.1 Å². The minimum atomic E-state index is -0.196. The lowest BCUT2D eigenvalue weighted by Crippen LogP contribution is -2.13. The van der Waals surface area contributed by atoms with Gasteiger partial charge in [0.25, 0.3) is 0 Å². The summed E-state index contributed by atoms with van der Waals surface area (Å²) in [5.74, 6) is 1.22. The van der Waals surface area contributed by atoms with Crippen LogP contribution in [0.15, 0.2) is 46.9 Å². The monoisotopic (exact) mass is 349 g/mol. The molecule has 1 aliphatic carbocycles. The molecule has 1 fully saturated rings. The van der Waals surface area contributed by atoms with Crippen molar-refractivity contribution in [3.63, 3.8) is 0 Å². The highest BCUT2D eigenvalue weighted by molar-refractivity contribution is 9.10. The maximum absolute atomic E-state index is 13.1. The Morgan fingerprint density at radius 3 is 2.52 bits per heavy atom. The van der Waals surface area contributed by atoms with Gasteiger partial charge >= 0.3 is 0 Å². The highest BCUT2D eigenvalue weighted by Crippen LogP contribution is 2.43. The van der Waals surface area contributed by atoms with E-state index in [0.29, 0.717) is 5.92 Å². The minimum absolute atomic E-state index is 0.196. The molecule has 0 spiro atoms. The van der Waals surface area contributed by atoms with E-state index in [4.69, 9.17) is 4.74 Å². The Morgan fingerprint density at radius 2 is 1.90 bits per heavy atom. The summed E-state index contributed by atoms with van der Waals surface area (Å²) in [6.45, 7) is 0. The zero-order valence-corrected chi connectivity index (χ0v) is 13.4. The Kier molecular flexibility index (Phi) is 4.15. The molecule has 1 atom stereocenters. The maximum atomic E-state index is 13.1. The van der Waals surface area contributed by atoms with Gasteiger partial charge in [-0.25, -0.2) is 4.39 Å². The second-order valence-corrected chi connectivity index (χ2v) is 6.21. The first-order chi connectivity index (χ1) is 10.2. The van der Waals surface area contributed by atoms with E-state index in [1.165, 1.54) is 25.0 Å². The highest BCUT2D eigenvalue weighted by atomic mass is 79.9. The van der Waals surface area contributed by atoms with Gasteiger partial charge in [-0.2, -0.15) is 0 Å². The van der Waals surface area contributed by atoms with E-state index >= 15 is 0 Å². The van der Waals surface area contributed by atoms with Crippen LogP contribution in [0.2, 0.25) is 0 Å². The van der Waals surface area contributed by atoms with Gasteiger partial charge in [0.15, 0.2) is 0 Å². The maximum Gasteiger partial charge on any atom is 0.135 e. The van der Waals surface area contributed by atoms with Crippen LogP contribution in [0.3, 0.4) is 0 Å². The lowest BCUT2D eigenvalue weighted by atomic mass is 10.0. The van der Waals surface area contributed by atoms with Crippen LogP contribution in [0.5, 0.6) is 5.75 Å². The predicted octanol–water partition coefficient (Wildman–Crippen LogP) is 5.16. The van der Waals surface area contributed by atoms with Crippen LogP contribution in [0.4, 0.5) is 10.1 Å². The van der Waals surface area contributed by atoms with Crippen molar-refractivity contribution in [3.8, 4) is 5.75 Å². The van der Waals surface area contributed by atoms with E-state index < -0.39 is 0 Å². The second kappa shape index (κ2) is 6.06. The van der Waals surface area contributed by atoms with Crippen molar-refractivity contribution >= 4 is 21.6 Å². The Balaban J connectivity index is 1.84. The molecule has 110 valence electrons. The zero-order chi connectivity index (χ0) is 14.8. The first kappa shape index (κ1) is 14.4. The molecule has 0 bridgehead atoms. The fourth-order valence-corrected chi connectivity index (χ4v) is 2.91. The van der Waals surface area contributed by atoms with Crippen LogP contribution >= 0.6 is 15.9 Å². The topological polar surface area (TPSA) is 21.3 Å². The molecule has 1 aliphatic rings. The molecule has 0 saturated heterocycles. The Bertz CT molecular complexity index is 625. The molecule has 21 heavy (non-hydrogen) atoms. The third-order valence-electron chi connectivity index (χ3n) is 3.80. The van der Waals surface area contributed by atoms with Crippen LogP contribution in [0.25, 0.3) is 0 Å². The average molecular weight is 350 g/mol. The number of methoxy groups -OCH3 is 1. The van der Waals surface area contributed by atoms with Crippen LogP contribution in [0, 0.1) is 11.7 Å². The third kappa shape index (κ3) is 3.38. The van der Waals surface area contributed by atoms with Crippen molar-refractivity contribution in [2.45, 2.75) is 18.9 Å². The van der Waals surface area contributed by atoms with Crippen molar-refractivity contribution in [1.82, 2.24) is 0 Å². The van der Waals surface area contributed by atoms with Gasteiger partial charge < -0.3 is 10.1 Å². The number of nitrogens with one attached hydrogen (secondary N) is 1. The number of rotatable bonds is 5. The van der Waals surface area contributed by atoms with Crippen molar-refractivity contribution in [2.75, 3.05) is 12.4 Å². The van der Waals surface area contributed by atoms with Gasteiger partial charge in [0.2, 0.25) is 0 Å². The summed E-state index contributed by atoms with van der Waals surface area (Å²) in [4.78, 5) is 0. The number of hydrogen-bond acceptors (Lipinski definition) is 2. The van der Waals surface area contributed by atoms with Gasteiger partial charge in [-0.1, -0.05) is 12.1 Å². The fraction of sp³-hybridized carbons (Fsp3) is 0.294. The van der Waals surface area contributed by atoms with Gasteiger partial charge in [-0.05, 0) is 64.5 Å². The fourth-order valence-electron chi connectivity index (χ4n) is 2.50. The molecule has 0 amide bonds. The Morgan fingerprint density at radius 1 is 1.19 bits per heavy atom. The summed E-state index contributed by atoms with van der Waals surface area (Å²) in [5, 5.41) is 3.56. The van der Waals surface area contributed by atoms with E-state index in [2.05, 4.69) is 21.2 Å². The van der Waals surface area contributed by atoms with Crippen LogP contribution in [-0.4, -0.2) is 7.11 Å². The molecule has 2 aromatic carbocycles. The lowest BCUT2D eigenvalue weighted by molar-refractivity contribution is 0.412. The molecule has 1 saturated carbocycles. The Labute approximate surface area is 132 Å². The summed E-state index contributed by atoms with van der Waals surface area (Å²) < 4.78 is 19.4. The zero-order valence-electron chi connectivity index (χ0n) is 11.8. The van der Waals surface area contributed by atoms with Gasteiger partial charge in [-0.3, -0.25) is 0 Å². The van der Waals surface area contributed by atoms with E-state index in [-0.39, 0.29) is 11.9 Å². The van der Waals surface area contributed by atoms with E-state index in [9.17, 15) is 4.39 Å². The van der Waals surface area contributed by atoms with E-state index in [0.717, 1.165) is 21.5 Å². The number of hydrogen-bond donors (Lipinski definition) is 1. The molecular formula is C17H17BrFNO. The lowest BCUT2D eigenvalue weighted by Gasteiger charge is -2.21. The molecule has 3 rings (SSSR count). The molecular weight excluding hydrogens is 333 g/mol. The van der Waals surface area contributed by atoms with Gasteiger partial charge in [-0.15, -0.1) is 0 Å². The summed E-state index contributed by atoms with van der Waals surface area (Å²) in [7, 11) is 1.65. The van der Waals surface area contributed by atoms with Crippen molar-refractivity contribution < 1.29 is 9.13 Å². The molecule has 2 nitrogen and oxygen atoms in total. The van der Waals surface area contributed by atoms with Crippen molar-refractivity contribution in [1.29, 1.82) is 0 Å². The number of halogens is 2. The third-order valence-corrected chi connectivity index (χ3v) is 4.45. The Hall–Kier alpha value is -1.55. The normalized spacial score (nSPS) is 15.6. The molecule has 0 aromatic heterocycles. The number of ether oxygens (including phenoxy) is 1.